The number of hydrogen-bond acceptors (Lipinski definition) is 4. The van der Waals surface area contributed by atoms with E-state index in [-0.39, 0.29) is 5.54 Å². The highest BCUT2D eigenvalue weighted by Gasteiger charge is 2.27. The molecule has 0 atom stereocenters. The predicted octanol–water partition coefficient (Wildman–Crippen LogP) is 2.65. The molecule has 0 aliphatic heterocycles. The molecular weight excluding hydrogens is 264 g/mol. The molecule has 0 heterocycles. The zero-order chi connectivity index (χ0) is 15.5. The van der Waals surface area contributed by atoms with Gasteiger partial charge in [0.15, 0.2) is 0 Å². The van der Waals surface area contributed by atoms with Crippen molar-refractivity contribution < 1.29 is 9.47 Å². The van der Waals surface area contributed by atoms with E-state index >= 15 is 0 Å². The summed E-state index contributed by atoms with van der Waals surface area (Å²) in [6.45, 7) is 7.04. The van der Waals surface area contributed by atoms with Crippen molar-refractivity contribution in [2.75, 3.05) is 27.3 Å². The normalized spacial score (nSPS) is 15.3. The van der Waals surface area contributed by atoms with Gasteiger partial charge in [0.1, 0.15) is 11.5 Å². The molecule has 1 fully saturated rings. The van der Waals surface area contributed by atoms with E-state index in [9.17, 15) is 0 Å². The molecule has 0 aromatic heterocycles. The van der Waals surface area contributed by atoms with Crippen LogP contribution in [0, 0.1) is 5.92 Å². The van der Waals surface area contributed by atoms with Crippen molar-refractivity contribution in [1.29, 1.82) is 0 Å². The van der Waals surface area contributed by atoms with Crippen LogP contribution < -0.4 is 15.2 Å². The van der Waals surface area contributed by atoms with Crippen LogP contribution in [0.4, 0.5) is 0 Å². The van der Waals surface area contributed by atoms with Gasteiger partial charge in [0, 0.05) is 36.8 Å². The fraction of sp³-hybridized carbons (Fsp3) is 0.647. The molecule has 0 amide bonds. The Morgan fingerprint density at radius 1 is 1.24 bits per heavy atom. The summed E-state index contributed by atoms with van der Waals surface area (Å²) in [5.74, 6) is 2.55. The van der Waals surface area contributed by atoms with Gasteiger partial charge in [-0.15, -0.1) is 0 Å². The lowest BCUT2D eigenvalue weighted by Gasteiger charge is -2.30. The molecule has 0 spiro atoms. The van der Waals surface area contributed by atoms with Crippen LogP contribution in [0.15, 0.2) is 18.2 Å². The third-order valence-electron chi connectivity index (χ3n) is 3.73. The molecule has 118 valence electrons. The molecule has 2 rings (SSSR count). The summed E-state index contributed by atoms with van der Waals surface area (Å²) in [6.07, 6.45) is 2.70. The molecule has 1 aliphatic rings. The van der Waals surface area contributed by atoms with Crippen LogP contribution in [0.25, 0.3) is 0 Å². The van der Waals surface area contributed by atoms with Crippen LogP contribution in [-0.4, -0.2) is 37.7 Å². The Labute approximate surface area is 128 Å². The second kappa shape index (κ2) is 6.67. The number of methoxy groups -OCH3 is 2. The van der Waals surface area contributed by atoms with Crippen molar-refractivity contribution >= 4 is 0 Å². The molecule has 1 aromatic rings. The van der Waals surface area contributed by atoms with Crippen LogP contribution in [0.2, 0.25) is 0 Å². The summed E-state index contributed by atoms with van der Waals surface area (Å²) < 4.78 is 10.8. The summed E-state index contributed by atoms with van der Waals surface area (Å²) >= 11 is 0. The first kappa shape index (κ1) is 16.1. The van der Waals surface area contributed by atoms with E-state index in [1.54, 1.807) is 14.2 Å². The van der Waals surface area contributed by atoms with Crippen molar-refractivity contribution in [3.8, 4) is 11.5 Å². The molecule has 0 bridgehead atoms. The molecule has 4 heteroatoms. The number of rotatable bonds is 8. The molecule has 2 N–H and O–H groups in total. The molecule has 0 saturated heterocycles. The van der Waals surface area contributed by atoms with Gasteiger partial charge in [0.05, 0.1) is 14.2 Å². The Balaban J connectivity index is 2.10. The van der Waals surface area contributed by atoms with E-state index in [4.69, 9.17) is 15.2 Å². The standard InChI is InChI=1S/C17H28N2O2/c1-17(2,18)12-19(10-13-5-6-13)11-14-7-8-15(20-3)9-16(14)21-4/h7-9,13H,5-6,10-12,18H2,1-4H3. The van der Waals surface area contributed by atoms with Gasteiger partial charge < -0.3 is 15.2 Å². The molecular formula is C17H28N2O2. The maximum absolute atomic E-state index is 6.21. The van der Waals surface area contributed by atoms with Gasteiger partial charge >= 0.3 is 0 Å². The first-order chi connectivity index (χ1) is 9.91. The highest BCUT2D eigenvalue weighted by Crippen LogP contribution is 2.32. The summed E-state index contributed by atoms with van der Waals surface area (Å²) in [5, 5.41) is 0. The first-order valence-corrected chi connectivity index (χ1v) is 7.63. The molecule has 4 nitrogen and oxygen atoms in total. The van der Waals surface area contributed by atoms with E-state index in [2.05, 4.69) is 24.8 Å². The highest BCUT2D eigenvalue weighted by molar-refractivity contribution is 5.40. The van der Waals surface area contributed by atoms with E-state index in [0.29, 0.717) is 0 Å². The topological polar surface area (TPSA) is 47.7 Å². The Hall–Kier alpha value is -1.26. The van der Waals surface area contributed by atoms with Crippen LogP contribution in [0.3, 0.4) is 0 Å². The minimum absolute atomic E-state index is 0.186. The Morgan fingerprint density at radius 3 is 2.48 bits per heavy atom. The maximum Gasteiger partial charge on any atom is 0.127 e. The minimum atomic E-state index is -0.186. The van der Waals surface area contributed by atoms with Gasteiger partial charge in [-0.25, -0.2) is 0 Å². The monoisotopic (exact) mass is 292 g/mol. The fourth-order valence-electron chi connectivity index (χ4n) is 2.65. The zero-order valence-electron chi connectivity index (χ0n) is 13.7. The summed E-state index contributed by atoms with van der Waals surface area (Å²) in [5.41, 5.74) is 7.21. The number of ether oxygens (including phenoxy) is 2. The first-order valence-electron chi connectivity index (χ1n) is 7.63. The molecule has 1 aromatic carbocycles. The number of hydrogen-bond donors (Lipinski definition) is 1. The van der Waals surface area contributed by atoms with Crippen molar-refractivity contribution in [3.05, 3.63) is 23.8 Å². The molecule has 0 radical (unpaired) electrons. The van der Waals surface area contributed by atoms with Crippen LogP contribution in [-0.2, 0) is 6.54 Å². The molecule has 1 aliphatic carbocycles. The number of nitrogens with two attached hydrogens (primary N) is 1. The largest absolute Gasteiger partial charge is 0.497 e. The van der Waals surface area contributed by atoms with Crippen molar-refractivity contribution in [2.24, 2.45) is 11.7 Å². The molecule has 1 saturated carbocycles. The third kappa shape index (κ3) is 5.21. The van der Waals surface area contributed by atoms with Crippen LogP contribution in [0.1, 0.15) is 32.3 Å². The number of nitrogens with zero attached hydrogens (tertiary/aromatic N) is 1. The van der Waals surface area contributed by atoms with Gasteiger partial charge in [-0.3, -0.25) is 4.90 Å². The lowest BCUT2D eigenvalue weighted by atomic mass is 10.1. The van der Waals surface area contributed by atoms with Gasteiger partial charge in [-0.05, 0) is 38.7 Å². The summed E-state index contributed by atoms with van der Waals surface area (Å²) in [6, 6.07) is 6.01. The smallest absolute Gasteiger partial charge is 0.127 e. The van der Waals surface area contributed by atoms with Crippen LogP contribution in [0.5, 0.6) is 11.5 Å². The maximum atomic E-state index is 6.21. The third-order valence-corrected chi connectivity index (χ3v) is 3.73. The number of benzene rings is 1. The Bertz CT molecular complexity index is 464. The van der Waals surface area contributed by atoms with E-state index in [1.807, 2.05) is 12.1 Å². The average Bonchev–Trinajstić information content (AvgIpc) is 3.21. The second-order valence-electron chi connectivity index (χ2n) is 6.78. The van der Waals surface area contributed by atoms with Gasteiger partial charge in [-0.1, -0.05) is 6.07 Å². The second-order valence-corrected chi connectivity index (χ2v) is 6.78. The SMILES string of the molecule is COc1ccc(CN(CC2CC2)CC(C)(C)N)c(OC)c1. The van der Waals surface area contributed by atoms with Crippen LogP contribution >= 0.6 is 0 Å². The average molecular weight is 292 g/mol. The van der Waals surface area contributed by atoms with Gasteiger partial charge in [0.25, 0.3) is 0 Å². The van der Waals surface area contributed by atoms with E-state index in [0.717, 1.165) is 37.1 Å². The Kier molecular flexibility index (Phi) is 5.12. The lowest BCUT2D eigenvalue weighted by molar-refractivity contribution is 0.207. The molecule has 21 heavy (non-hydrogen) atoms. The van der Waals surface area contributed by atoms with Crippen molar-refractivity contribution in [3.63, 3.8) is 0 Å². The molecule has 0 unspecified atom stereocenters. The van der Waals surface area contributed by atoms with Crippen molar-refractivity contribution in [2.45, 2.75) is 38.8 Å². The van der Waals surface area contributed by atoms with E-state index < -0.39 is 0 Å². The summed E-state index contributed by atoms with van der Waals surface area (Å²) in [4.78, 5) is 2.45. The predicted molar refractivity (Wildman–Crippen MR) is 85.8 cm³/mol. The lowest BCUT2D eigenvalue weighted by Crippen LogP contribution is -2.45. The van der Waals surface area contributed by atoms with Gasteiger partial charge in [0.2, 0.25) is 0 Å². The quantitative estimate of drug-likeness (QED) is 0.800. The fourth-order valence-corrected chi connectivity index (χ4v) is 2.65. The van der Waals surface area contributed by atoms with Gasteiger partial charge in [-0.2, -0.15) is 0 Å². The highest BCUT2D eigenvalue weighted by atomic mass is 16.5. The zero-order valence-corrected chi connectivity index (χ0v) is 13.7. The summed E-state index contributed by atoms with van der Waals surface area (Å²) in [7, 11) is 3.38. The van der Waals surface area contributed by atoms with E-state index in [1.165, 1.54) is 18.4 Å². The minimum Gasteiger partial charge on any atom is -0.497 e. The van der Waals surface area contributed by atoms with Crippen molar-refractivity contribution in [1.82, 2.24) is 4.90 Å². The Morgan fingerprint density at radius 2 is 1.95 bits per heavy atom.